The van der Waals surface area contributed by atoms with Gasteiger partial charge in [0.15, 0.2) is 5.96 Å². The van der Waals surface area contributed by atoms with Gasteiger partial charge in [-0.3, -0.25) is 4.90 Å². The van der Waals surface area contributed by atoms with Gasteiger partial charge in [0.25, 0.3) is 0 Å². The molecule has 1 aromatic heterocycles. The van der Waals surface area contributed by atoms with Crippen LogP contribution in [-0.2, 0) is 25.9 Å². The summed E-state index contributed by atoms with van der Waals surface area (Å²) in [6.45, 7) is 12.3. The van der Waals surface area contributed by atoms with E-state index in [1.54, 1.807) is 11.3 Å². The summed E-state index contributed by atoms with van der Waals surface area (Å²) in [5.74, 6) is 0.867. The lowest BCUT2D eigenvalue weighted by atomic mass is 10.1. The van der Waals surface area contributed by atoms with Crippen molar-refractivity contribution in [3.8, 4) is 0 Å². The summed E-state index contributed by atoms with van der Waals surface area (Å²) in [5, 5.41) is 7.95. The highest BCUT2D eigenvalue weighted by molar-refractivity contribution is 14.0. The smallest absolute Gasteiger partial charge is 0.191 e. The monoisotopic (exact) mass is 556 g/mol. The number of hydrogen-bond donors (Lipinski definition) is 2. The van der Waals surface area contributed by atoms with Crippen molar-refractivity contribution in [1.29, 1.82) is 0 Å². The predicted molar refractivity (Wildman–Crippen MR) is 143 cm³/mol. The predicted octanol–water partition coefficient (Wildman–Crippen LogP) is 3.37. The standard InChI is InChI=1S/C23H36N6S.HI/c1-4-21-17-26-22(30-21)10-11-25-23(24-5-2)27-16-19-6-8-20(9-7-19)18-29-14-12-28(3)13-15-29;/h6-9,17H,4-5,10-16,18H2,1-3H3,(H2,24,25,27);1H. The first-order chi connectivity index (χ1) is 14.7. The van der Waals surface area contributed by atoms with Gasteiger partial charge in [-0.1, -0.05) is 31.2 Å². The van der Waals surface area contributed by atoms with E-state index in [2.05, 4.69) is 70.6 Å². The number of benzene rings is 1. The van der Waals surface area contributed by atoms with Gasteiger partial charge in [-0.05, 0) is 31.5 Å². The fraction of sp³-hybridized carbons (Fsp3) is 0.565. The van der Waals surface area contributed by atoms with Crippen LogP contribution in [0.25, 0.3) is 0 Å². The fourth-order valence-electron chi connectivity index (χ4n) is 3.44. The molecule has 0 atom stereocenters. The molecule has 2 aromatic rings. The molecule has 0 spiro atoms. The number of aliphatic imine (C=N–C) groups is 1. The average Bonchev–Trinajstić information content (AvgIpc) is 3.23. The van der Waals surface area contributed by atoms with E-state index in [4.69, 9.17) is 4.99 Å². The van der Waals surface area contributed by atoms with E-state index in [0.717, 1.165) is 64.6 Å². The minimum Gasteiger partial charge on any atom is -0.357 e. The minimum absolute atomic E-state index is 0. The number of likely N-dealkylation sites (N-methyl/N-ethyl adjacent to an activating group) is 1. The van der Waals surface area contributed by atoms with Crippen LogP contribution in [0.4, 0.5) is 0 Å². The molecule has 1 aromatic carbocycles. The quantitative estimate of drug-likeness (QED) is 0.282. The van der Waals surface area contributed by atoms with Crippen LogP contribution in [0.2, 0.25) is 0 Å². The molecule has 2 N–H and O–H groups in total. The summed E-state index contributed by atoms with van der Waals surface area (Å²) in [6, 6.07) is 8.91. The molecule has 0 amide bonds. The third kappa shape index (κ3) is 9.03. The Labute approximate surface area is 208 Å². The van der Waals surface area contributed by atoms with Gasteiger partial charge in [-0.15, -0.1) is 35.3 Å². The summed E-state index contributed by atoms with van der Waals surface area (Å²) in [6.07, 6.45) is 3.98. The van der Waals surface area contributed by atoms with Crippen molar-refractivity contribution in [3.63, 3.8) is 0 Å². The van der Waals surface area contributed by atoms with Crippen LogP contribution in [0, 0.1) is 0 Å². The molecule has 0 radical (unpaired) electrons. The van der Waals surface area contributed by atoms with E-state index in [-0.39, 0.29) is 24.0 Å². The summed E-state index contributed by atoms with van der Waals surface area (Å²) < 4.78 is 0. The number of halogens is 1. The van der Waals surface area contributed by atoms with E-state index in [1.165, 1.54) is 21.0 Å². The number of nitrogens with zero attached hydrogens (tertiary/aromatic N) is 4. The van der Waals surface area contributed by atoms with Crippen LogP contribution in [0.15, 0.2) is 35.5 Å². The van der Waals surface area contributed by atoms with Crippen molar-refractivity contribution in [2.45, 2.75) is 39.8 Å². The number of thiazole rings is 1. The number of guanidine groups is 1. The van der Waals surface area contributed by atoms with Crippen molar-refractivity contribution in [1.82, 2.24) is 25.4 Å². The molecule has 0 aliphatic carbocycles. The number of nitrogens with one attached hydrogen (secondary N) is 2. The zero-order valence-electron chi connectivity index (χ0n) is 19.1. The lowest BCUT2D eigenvalue weighted by molar-refractivity contribution is 0.148. The van der Waals surface area contributed by atoms with Crippen LogP contribution >= 0.6 is 35.3 Å². The zero-order chi connectivity index (χ0) is 21.2. The van der Waals surface area contributed by atoms with Gasteiger partial charge in [0, 0.05) is 63.3 Å². The molecular weight excluding hydrogens is 519 g/mol. The van der Waals surface area contributed by atoms with Crippen LogP contribution in [0.1, 0.15) is 34.9 Å². The van der Waals surface area contributed by atoms with Crippen molar-refractivity contribution in [2.75, 3.05) is 46.3 Å². The normalized spacial score (nSPS) is 15.5. The number of aryl methyl sites for hydroxylation is 1. The molecule has 1 aliphatic heterocycles. The Morgan fingerprint density at radius 3 is 2.42 bits per heavy atom. The second-order valence-electron chi connectivity index (χ2n) is 7.84. The third-order valence-corrected chi connectivity index (χ3v) is 6.57. The molecule has 1 aliphatic rings. The van der Waals surface area contributed by atoms with E-state index in [1.807, 2.05) is 6.20 Å². The number of piperazine rings is 1. The van der Waals surface area contributed by atoms with Crippen molar-refractivity contribution in [3.05, 3.63) is 51.5 Å². The Balaban J connectivity index is 0.00000341. The lowest BCUT2D eigenvalue weighted by Gasteiger charge is -2.32. The van der Waals surface area contributed by atoms with Crippen LogP contribution in [-0.4, -0.2) is 67.1 Å². The van der Waals surface area contributed by atoms with Gasteiger partial charge in [0.1, 0.15) is 0 Å². The molecule has 31 heavy (non-hydrogen) atoms. The Morgan fingerprint density at radius 1 is 1.06 bits per heavy atom. The largest absolute Gasteiger partial charge is 0.357 e. The molecule has 1 fully saturated rings. The first kappa shape index (κ1) is 26.0. The van der Waals surface area contributed by atoms with E-state index in [0.29, 0.717) is 6.54 Å². The molecule has 172 valence electrons. The van der Waals surface area contributed by atoms with Crippen molar-refractivity contribution >= 4 is 41.3 Å². The summed E-state index contributed by atoms with van der Waals surface area (Å²) in [7, 11) is 2.20. The molecule has 0 unspecified atom stereocenters. The molecule has 6 nitrogen and oxygen atoms in total. The summed E-state index contributed by atoms with van der Waals surface area (Å²) in [5.41, 5.74) is 2.62. The summed E-state index contributed by atoms with van der Waals surface area (Å²) >= 11 is 1.80. The van der Waals surface area contributed by atoms with Gasteiger partial charge in [0.2, 0.25) is 0 Å². The maximum atomic E-state index is 4.75. The number of aromatic nitrogens is 1. The highest BCUT2D eigenvalue weighted by atomic mass is 127. The Morgan fingerprint density at radius 2 is 1.77 bits per heavy atom. The number of hydrogen-bond acceptors (Lipinski definition) is 5. The van der Waals surface area contributed by atoms with Gasteiger partial charge >= 0.3 is 0 Å². The first-order valence-corrected chi connectivity index (χ1v) is 11.9. The second kappa shape index (κ2) is 14.0. The van der Waals surface area contributed by atoms with Crippen LogP contribution in [0.5, 0.6) is 0 Å². The third-order valence-electron chi connectivity index (χ3n) is 5.37. The van der Waals surface area contributed by atoms with E-state index < -0.39 is 0 Å². The molecule has 8 heteroatoms. The second-order valence-corrected chi connectivity index (χ2v) is 9.04. The zero-order valence-corrected chi connectivity index (χ0v) is 22.2. The Kier molecular flexibility index (Phi) is 11.8. The summed E-state index contributed by atoms with van der Waals surface area (Å²) in [4.78, 5) is 15.5. The molecule has 1 saturated heterocycles. The van der Waals surface area contributed by atoms with Gasteiger partial charge < -0.3 is 15.5 Å². The molecular formula is C23H37IN6S. The molecule has 0 saturated carbocycles. The highest BCUT2D eigenvalue weighted by Gasteiger charge is 2.13. The minimum atomic E-state index is 0. The van der Waals surface area contributed by atoms with Crippen molar-refractivity contribution < 1.29 is 0 Å². The van der Waals surface area contributed by atoms with Gasteiger partial charge in [0.05, 0.1) is 11.6 Å². The maximum Gasteiger partial charge on any atom is 0.191 e. The average molecular weight is 557 g/mol. The van der Waals surface area contributed by atoms with E-state index >= 15 is 0 Å². The maximum absolute atomic E-state index is 4.75. The Hall–Kier alpha value is -1.23. The van der Waals surface area contributed by atoms with Crippen LogP contribution < -0.4 is 10.6 Å². The fourth-order valence-corrected chi connectivity index (χ4v) is 4.30. The van der Waals surface area contributed by atoms with Gasteiger partial charge in [-0.25, -0.2) is 9.98 Å². The highest BCUT2D eigenvalue weighted by Crippen LogP contribution is 2.13. The first-order valence-electron chi connectivity index (χ1n) is 11.1. The molecule has 3 rings (SSSR count). The topological polar surface area (TPSA) is 55.8 Å². The lowest BCUT2D eigenvalue weighted by Crippen LogP contribution is -2.43. The SMILES string of the molecule is CCNC(=NCc1ccc(CN2CCN(C)CC2)cc1)NCCc1ncc(CC)s1.I. The Bertz CT molecular complexity index is 784. The molecule has 2 heterocycles. The van der Waals surface area contributed by atoms with Crippen molar-refractivity contribution in [2.24, 2.45) is 4.99 Å². The van der Waals surface area contributed by atoms with Gasteiger partial charge in [-0.2, -0.15) is 0 Å². The number of rotatable bonds is 9. The van der Waals surface area contributed by atoms with E-state index in [9.17, 15) is 0 Å². The van der Waals surface area contributed by atoms with Crippen LogP contribution in [0.3, 0.4) is 0 Å². The molecule has 0 bridgehead atoms.